The molecule has 0 radical (unpaired) electrons. The molecule has 0 unspecified atom stereocenters. The standard InChI is InChI=1S/C20H23N3OS/c24-20(23-10-9-16-3-1-2-4-17(16)15-23)21-18-5-7-19(8-6-18)22-11-13-25-14-12-22/h1-8H,9-15H2,(H,21,24). The van der Waals surface area contributed by atoms with E-state index >= 15 is 0 Å². The molecule has 2 aromatic carbocycles. The Kier molecular flexibility index (Phi) is 4.83. The van der Waals surface area contributed by atoms with Crippen molar-refractivity contribution in [1.82, 2.24) is 4.90 Å². The first-order valence-corrected chi connectivity index (χ1v) is 10.0. The van der Waals surface area contributed by atoms with E-state index in [0.29, 0.717) is 6.54 Å². The molecule has 1 saturated heterocycles. The molecular formula is C20H23N3OS. The number of hydrogen-bond donors (Lipinski definition) is 1. The molecule has 2 aliphatic rings. The minimum absolute atomic E-state index is 0.0170. The maximum absolute atomic E-state index is 12.6. The summed E-state index contributed by atoms with van der Waals surface area (Å²) in [6.45, 7) is 3.66. The molecule has 1 fully saturated rings. The molecule has 2 aromatic rings. The lowest BCUT2D eigenvalue weighted by atomic mass is 10.0. The van der Waals surface area contributed by atoms with Gasteiger partial charge in [0.25, 0.3) is 0 Å². The second-order valence-electron chi connectivity index (χ2n) is 6.52. The van der Waals surface area contributed by atoms with Crippen LogP contribution in [0.5, 0.6) is 0 Å². The number of carbonyl (C=O) groups is 1. The summed E-state index contributed by atoms with van der Waals surface area (Å²) in [6, 6.07) is 16.6. The molecule has 0 bridgehead atoms. The molecule has 2 heterocycles. The van der Waals surface area contributed by atoms with Gasteiger partial charge in [0.05, 0.1) is 0 Å². The van der Waals surface area contributed by atoms with Crippen LogP contribution in [0, 0.1) is 0 Å². The first-order chi connectivity index (χ1) is 12.3. The minimum Gasteiger partial charge on any atom is -0.370 e. The highest BCUT2D eigenvalue weighted by molar-refractivity contribution is 7.99. The summed E-state index contributed by atoms with van der Waals surface area (Å²) < 4.78 is 0. The highest BCUT2D eigenvalue weighted by atomic mass is 32.2. The van der Waals surface area contributed by atoms with E-state index in [1.54, 1.807) is 0 Å². The summed E-state index contributed by atoms with van der Waals surface area (Å²) >= 11 is 2.01. The van der Waals surface area contributed by atoms with E-state index < -0.39 is 0 Å². The maximum atomic E-state index is 12.6. The van der Waals surface area contributed by atoms with Gasteiger partial charge in [0.15, 0.2) is 0 Å². The lowest BCUT2D eigenvalue weighted by Gasteiger charge is -2.29. The number of carbonyl (C=O) groups excluding carboxylic acids is 1. The summed E-state index contributed by atoms with van der Waals surface area (Å²) in [5, 5.41) is 3.04. The number of hydrogen-bond acceptors (Lipinski definition) is 3. The van der Waals surface area contributed by atoms with Crippen molar-refractivity contribution in [2.24, 2.45) is 0 Å². The van der Waals surface area contributed by atoms with Gasteiger partial charge in [-0.25, -0.2) is 4.79 Å². The van der Waals surface area contributed by atoms with Gasteiger partial charge >= 0.3 is 6.03 Å². The monoisotopic (exact) mass is 353 g/mol. The Morgan fingerprint density at radius 3 is 2.40 bits per heavy atom. The Labute approximate surface area is 153 Å². The van der Waals surface area contributed by atoms with E-state index in [0.717, 1.165) is 31.7 Å². The first-order valence-electron chi connectivity index (χ1n) is 8.85. The van der Waals surface area contributed by atoms with Gasteiger partial charge in [-0.3, -0.25) is 0 Å². The Morgan fingerprint density at radius 2 is 1.64 bits per heavy atom. The number of rotatable bonds is 2. The molecule has 2 aliphatic heterocycles. The second kappa shape index (κ2) is 7.40. The summed E-state index contributed by atoms with van der Waals surface area (Å²) in [5.74, 6) is 2.38. The number of thioether (sulfide) groups is 1. The van der Waals surface area contributed by atoms with Crippen LogP contribution in [0.2, 0.25) is 0 Å². The first kappa shape index (κ1) is 16.3. The van der Waals surface area contributed by atoms with Crippen molar-refractivity contribution < 1.29 is 4.79 Å². The smallest absolute Gasteiger partial charge is 0.322 e. The molecule has 0 aliphatic carbocycles. The summed E-state index contributed by atoms with van der Waals surface area (Å²) in [7, 11) is 0. The van der Waals surface area contributed by atoms with E-state index in [1.165, 1.54) is 28.3 Å². The Balaban J connectivity index is 1.38. The SMILES string of the molecule is O=C(Nc1ccc(N2CCSCC2)cc1)N1CCc2ccccc2C1. The molecule has 1 N–H and O–H groups in total. The lowest BCUT2D eigenvalue weighted by molar-refractivity contribution is 0.206. The van der Waals surface area contributed by atoms with Crippen LogP contribution in [0.15, 0.2) is 48.5 Å². The third-order valence-corrected chi connectivity index (χ3v) is 5.86. The molecule has 4 nitrogen and oxygen atoms in total. The molecule has 5 heteroatoms. The van der Waals surface area contributed by atoms with Crippen molar-refractivity contribution in [1.29, 1.82) is 0 Å². The predicted molar refractivity (Wildman–Crippen MR) is 106 cm³/mol. The zero-order valence-electron chi connectivity index (χ0n) is 14.3. The van der Waals surface area contributed by atoms with Gasteiger partial charge in [0, 0.05) is 49.1 Å². The number of fused-ring (bicyclic) bond motifs is 1. The van der Waals surface area contributed by atoms with Crippen LogP contribution in [-0.2, 0) is 13.0 Å². The number of anilines is 2. The number of amides is 2. The van der Waals surface area contributed by atoms with Gasteiger partial charge in [0.1, 0.15) is 0 Å². The van der Waals surface area contributed by atoms with E-state index in [2.05, 4.69) is 40.5 Å². The quantitative estimate of drug-likeness (QED) is 0.891. The molecule has 0 spiro atoms. The van der Waals surface area contributed by atoms with E-state index in [4.69, 9.17) is 0 Å². The van der Waals surface area contributed by atoms with Gasteiger partial charge in [0.2, 0.25) is 0 Å². The Morgan fingerprint density at radius 1 is 0.920 bits per heavy atom. The van der Waals surface area contributed by atoms with Crippen LogP contribution < -0.4 is 10.2 Å². The number of nitrogens with one attached hydrogen (secondary N) is 1. The normalized spacial score (nSPS) is 17.1. The molecule has 130 valence electrons. The highest BCUT2D eigenvalue weighted by Gasteiger charge is 2.20. The summed E-state index contributed by atoms with van der Waals surface area (Å²) in [4.78, 5) is 16.9. The molecule has 4 rings (SSSR count). The maximum Gasteiger partial charge on any atom is 0.322 e. The van der Waals surface area contributed by atoms with Crippen LogP contribution >= 0.6 is 11.8 Å². The topological polar surface area (TPSA) is 35.6 Å². The zero-order chi connectivity index (χ0) is 17.1. The number of benzene rings is 2. The molecular weight excluding hydrogens is 330 g/mol. The third kappa shape index (κ3) is 3.76. The van der Waals surface area contributed by atoms with Crippen molar-refractivity contribution >= 4 is 29.2 Å². The van der Waals surface area contributed by atoms with E-state index in [9.17, 15) is 4.79 Å². The molecule has 0 atom stereocenters. The molecule has 0 saturated carbocycles. The summed E-state index contributed by atoms with van der Waals surface area (Å²) in [5.41, 5.74) is 4.71. The van der Waals surface area contributed by atoms with Gasteiger partial charge in [-0.15, -0.1) is 0 Å². The Hall–Kier alpha value is -2.14. The fourth-order valence-corrected chi connectivity index (χ4v) is 4.35. The van der Waals surface area contributed by atoms with E-state index in [1.807, 2.05) is 34.9 Å². The fraction of sp³-hybridized carbons (Fsp3) is 0.350. The van der Waals surface area contributed by atoms with Crippen molar-refractivity contribution in [3.63, 3.8) is 0 Å². The lowest BCUT2D eigenvalue weighted by Crippen LogP contribution is -2.38. The van der Waals surface area contributed by atoms with Crippen molar-refractivity contribution in [3.05, 3.63) is 59.7 Å². The van der Waals surface area contributed by atoms with Crippen LogP contribution in [0.1, 0.15) is 11.1 Å². The fourth-order valence-electron chi connectivity index (χ4n) is 3.45. The van der Waals surface area contributed by atoms with Crippen molar-refractivity contribution in [2.75, 3.05) is 41.4 Å². The third-order valence-electron chi connectivity index (χ3n) is 4.91. The van der Waals surface area contributed by atoms with Gasteiger partial charge in [-0.2, -0.15) is 11.8 Å². The average Bonchev–Trinajstić information content (AvgIpc) is 2.69. The zero-order valence-corrected chi connectivity index (χ0v) is 15.1. The van der Waals surface area contributed by atoms with Gasteiger partial charge in [-0.1, -0.05) is 24.3 Å². The van der Waals surface area contributed by atoms with Crippen molar-refractivity contribution in [2.45, 2.75) is 13.0 Å². The Bertz CT molecular complexity index is 741. The molecule has 2 amide bonds. The predicted octanol–water partition coefficient (Wildman–Crippen LogP) is 3.83. The van der Waals surface area contributed by atoms with Gasteiger partial charge < -0.3 is 15.1 Å². The molecule has 0 aromatic heterocycles. The van der Waals surface area contributed by atoms with E-state index in [-0.39, 0.29) is 6.03 Å². The van der Waals surface area contributed by atoms with Crippen molar-refractivity contribution in [3.8, 4) is 0 Å². The van der Waals surface area contributed by atoms with Crippen LogP contribution in [0.3, 0.4) is 0 Å². The minimum atomic E-state index is -0.0170. The van der Waals surface area contributed by atoms with Crippen LogP contribution in [0.25, 0.3) is 0 Å². The largest absolute Gasteiger partial charge is 0.370 e. The number of urea groups is 1. The summed E-state index contributed by atoms with van der Waals surface area (Å²) in [6.07, 6.45) is 0.926. The highest BCUT2D eigenvalue weighted by Crippen LogP contribution is 2.23. The van der Waals surface area contributed by atoms with Crippen LogP contribution in [-0.4, -0.2) is 42.1 Å². The average molecular weight is 353 g/mol. The molecule has 25 heavy (non-hydrogen) atoms. The van der Waals surface area contributed by atoms with Gasteiger partial charge in [-0.05, 0) is 41.8 Å². The van der Waals surface area contributed by atoms with Crippen LogP contribution in [0.4, 0.5) is 16.2 Å². The second-order valence-corrected chi connectivity index (χ2v) is 7.74. The number of nitrogens with zero attached hydrogens (tertiary/aromatic N) is 2.